The van der Waals surface area contributed by atoms with Gasteiger partial charge in [0.1, 0.15) is 0 Å². The summed E-state index contributed by atoms with van der Waals surface area (Å²) in [5.41, 5.74) is 2.91. The summed E-state index contributed by atoms with van der Waals surface area (Å²) in [6.07, 6.45) is 0. The van der Waals surface area contributed by atoms with Gasteiger partial charge in [-0.25, -0.2) is 0 Å². The van der Waals surface area contributed by atoms with Crippen LogP contribution in [0, 0.1) is 6.92 Å². The van der Waals surface area contributed by atoms with E-state index < -0.39 is 0 Å². The number of hydrogen-bond donors (Lipinski definition) is 1. The van der Waals surface area contributed by atoms with Gasteiger partial charge < -0.3 is 5.32 Å². The number of hydrogen-bond acceptors (Lipinski definition) is 2. The maximum atomic E-state index is 12.5. The Morgan fingerprint density at radius 2 is 1.91 bits per heavy atom. The van der Waals surface area contributed by atoms with Crippen LogP contribution >= 0.6 is 27.5 Å². The van der Waals surface area contributed by atoms with E-state index in [1.165, 1.54) is 0 Å². The SMILES string of the molecule is Cc1ccc(Cl)cc1NC(=O)C(C)N(C)Cc1ccc(Br)cc1. The van der Waals surface area contributed by atoms with Gasteiger partial charge in [-0.1, -0.05) is 45.7 Å². The van der Waals surface area contributed by atoms with Crippen molar-refractivity contribution in [3.8, 4) is 0 Å². The predicted octanol–water partition coefficient (Wildman–Crippen LogP) is 4.87. The van der Waals surface area contributed by atoms with E-state index >= 15 is 0 Å². The van der Waals surface area contributed by atoms with Crippen LogP contribution < -0.4 is 5.32 Å². The van der Waals surface area contributed by atoms with Crippen molar-refractivity contribution >= 4 is 39.1 Å². The zero-order valence-electron chi connectivity index (χ0n) is 13.4. The van der Waals surface area contributed by atoms with Crippen LogP contribution in [-0.2, 0) is 11.3 Å². The Kier molecular flexibility index (Phi) is 6.22. The van der Waals surface area contributed by atoms with Crippen molar-refractivity contribution in [1.82, 2.24) is 4.90 Å². The summed E-state index contributed by atoms with van der Waals surface area (Å²) in [5, 5.41) is 3.57. The van der Waals surface area contributed by atoms with Crippen molar-refractivity contribution < 1.29 is 4.79 Å². The van der Waals surface area contributed by atoms with Crippen molar-refractivity contribution in [3.05, 3.63) is 63.1 Å². The zero-order chi connectivity index (χ0) is 17.0. The van der Waals surface area contributed by atoms with E-state index in [-0.39, 0.29) is 11.9 Å². The number of anilines is 1. The predicted molar refractivity (Wildman–Crippen MR) is 99.9 cm³/mol. The minimum Gasteiger partial charge on any atom is -0.324 e. The second-order valence-corrected chi connectivity index (χ2v) is 7.02. The smallest absolute Gasteiger partial charge is 0.241 e. The maximum Gasteiger partial charge on any atom is 0.241 e. The van der Waals surface area contributed by atoms with Gasteiger partial charge in [-0.2, -0.15) is 0 Å². The molecule has 0 aliphatic carbocycles. The molecule has 0 saturated carbocycles. The van der Waals surface area contributed by atoms with Crippen molar-refractivity contribution in [1.29, 1.82) is 0 Å². The largest absolute Gasteiger partial charge is 0.324 e. The van der Waals surface area contributed by atoms with Crippen LogP contribution in [0.4, 0.5) is 5.69 Å². The van der Waals surface area contributed by atoms with Gasteiger partial charge in [-0.05, 0) is 56.3 Å². The van der Waals surface area contributed by atoms with Gasteiger partial charge in [0, 0.05) is 21.7 Å². The lowest BCUT2D eigenvalue weighted by Gasteiger charge is -2.24. The summed E-state index contributed by atoms with van der Waals surface area (Å²) in [6.45, 7) is 4.55. The molecular formula is C18H20BrClN2O. The van der Waals surface area contributed by atoms with Crippen LogP contribution in [0.5, 0.6) is 0 Å². The Morgan fingerprint density at radius 1 is 1.26 bits per heavy atom. The number of aryl methyl sites for hydroxylation is 1. The van der Waals surface area contributed by atoms with E-state index in [1.807, 2.05) is 62.2 Å². The summed E-state index contributed by atoms with van der Waals surface area (Å²) >= 11 is 9.42. The van der Waals surface area contributed by atoms with Gasteiger partial charge in [0.05, 0.1) is 6.04 Å². The molecule has 0 aliphatic rings. The number of carbonyl (C=O) groups excluding carboxylic acids is 1. The fourth-order valence-corrected chi connectivity index (χ4v) is 2.62. The number of nitrogens with one attached hydrogen (secondary N) is 1. The number of amides is 1. The molecular weight excluding hydrogens is 376 g/mol. The number of benzene rings is 2. The third-order valence-electron chi connectivity index (χ3n) is 3.84. The van der Waals surface area contributed by atoms with Gasteiger partial charge >= 0.3 is 0 Å². The number of carbonyl (C=O) groups is 1. The monoisotopic (exact) mass is 394 g/mol. The molecule has 1 amide bonds. The van der Waals surface area contributed by atoms with E-state index in [0.29, 0.717) is 11.6 Å². The first-order valence-electron chi connectivity index (χ1n) is 7.38. The Morgan fingerprint density at radius 3 is 2.57 bits per heavy atom. The molecule has 0 aliphatic heterocycles. The molecule has 0 heterocycles. The molecule has 0 saturated heterocycles. The van der Waals surface area contributed by atoms with Crippen molar-refractivity contribution in [2.24, 2.45) is 0 Å². The summed E-state index contributed by atoms with van der Waals surface area (Å²) in [4.78, 5) is 14.5. The Balaban J connectivity index is 2.00. The van der Waals surface area contributed by atoms with Crippen molar-refractivity contribution in [3.63, 3.8) is 0 Å². The molecule has 5 heteroatoms. The Hall–Kier alpha value is -1.36. The third kappa shape index (κ3) is 5.06. The molecule has 1 atom stereocenters. The first-order valence-corrected chi connectivity index (χ1v) is 8.55. The normalized spacial score (nSPS) is 12.3. The van der Waals surface area contributed by atoms with Crippen LogP contribution in [0.3, 0.4) is 0 Å². The van der Waals surface area contributed by atoms with Gasteiger partial charge in [0.15, 0.2) is 0 Å². The molecule has 0 radical (unpaired) electrons. The maximum absolute atomic E-state index is 12.5. The van der Waals surface area contributed by atoms with E-state index in [4.69, 9.17) is 11.6 Å². The molecule has 2 aromatic carbocycles. The molecule has 1 N–H and O–H groups in total. The summed E-state index contributed by atoms with van der Waals surface area (Å²) in [5.74, 6) is -0.0463. The highest BCUT2D eigenvalue weighted by molar-refractivity contribution is 9.10. The lowest BCUT2D eigenvalue weighted by molar-refractivity contribution is -0.120. The van der Waals surface area contributed by atoms with E-state index in [2.05, 4.69) is 21.2 Å². The number of likely N-dealkylation sites (N-methyl/N-ethyl adjacent to an activating group) is 1. The molecule has 3 nitrogen and oxygen atoms in total. The molecule has 0 aromatic heterocycles. The van der Waals surface area contributed by atoms with Gasteiger partial charge in [-0.3, -0.25) is 9.69 Å². The minimum atomic E-state index is -0.253. The summed E-state index contributed by atoms with van der Waals surface area (Å²) < 4.78 is 1.05. The lowest BCUT2D eigenvalue weighted by atomic mass is 10.1. The van der Waals surface area contributed by atoms with Crippen LogP contribution in [0.1, 0.15) is 18.1 Å². The molecule has 2 rings (SSSR count). The van der Waals surface area contributed by atoms with Crippen LogP contribution in [-0.4, -0.2) is 23.9 Å². The van der Waals surface area contributed by atoms with Crippen LogP contribution in [0.2, 0.25) is 5.02 Å². The fourth-order valence-electron chi connectivity index (χ4n) is 2.18. The van der Waals surface area contributed by atoms with Crippen molar-refractivity contribution in [2.75, 3.05) is 12.4 Å². The first-order chi connectivity index (χ1) is 10.9. The zero-order valence-corrected chi connectivity index (χ0v) is 15.8. The number of nitrogens with zero attached hydrogens (tertiary/aromatic N) is 1. The number of halogens is 2. The fraction of sp³-hybridized carbons (Fsp3) is 0.278. The second-order valence-electron chi connectivity index (χ2n) is 5.67. The summed E-state index contributed by atoms with van der Waals surface area (Å²) in [7, 11) is 1.94. The third-order valence-corrected chi connectivity index (χ3v) is 4.61. The molecule has 23 heavy (non-hydrogen) atoms. The van der Waals surface area contributed by atoms with E-state index in [1.54, 1.807) is 6.07 Å². The molecule has 2 aromatic rings. The molecule has 1 unspecified atom stereocenters. The van der Waals surface area contributed by atoms with Crippen molar-refractivity contribution in [2.45, 2.75) is 26.4 Å². The standard InChI is InChI=1S/C18H20BrClN2O/c1-12-4-9-16(20)10-17(12)21-18(23)13(2)22(3)11-14-5-7-15(19)8-6-14/h4-10,13H,11H2,1-3H3,(H,21,23). The molecule has 0 spiro atoms. The quantitative estimate of drug-likeness (QED) is 0.783. The molecule has 0 fully saturated rings. The Labute approximate surface area is 150 Å². The van der Waals surface area contributed by atoms with E-state index in [0.717, 1.165) is 21.3 Å². The highest BCUT2D eigenvalue weighted by atomic mass is 79.9. The molecule has 0 bridgehead atoms. The van der Waals surface area contributed by atoms with Gasteiger partial charge in [0.25, 0.3) is 0 Å². The van der Waals surface area contributed by atoms with Gasteiger partial charge in [0.2, 0.25) is 5.91 Å². The molecule has 122 valence electrons. The minimum absolute atomic E-state index is 0.0463. The van der Waals surface area contributed by atoms with Crippen LogP contribution in [0.15, 0.2) is 46.9 Å². The average molecular weight is 396 g/mol. The number of rotatable bonds is 5. The van der Waals surface area contributed by atoms with Gasteiger partial charge in [-0.15, -0.1) is 0 Å². The lowest BCUT2D eigenvalue weighted by Crippen LogP contribution is -2.39. The second kappa shape index (κ2) is 7.95. The highest BCUT2D eigenvalue weighted by Crippen LogP contribution is 2.21. The van der Waals surface area contributed by atoms with Crippen LogP contribution in [0.25, 0.3) is 0 Å². The van der Waals surface area contributed by atoms with E-state index in [9.17, 15) is 4.79 Å². The topological polar surface area (TPSA) is 32.3 Å². The summed E-state index contributed by atoms with van der Waals surface area (Å²) in [6, 6.07) is 13.3. The highest BCUT2D eigenvalue weighted by Gasteiger charge is 2.19. The average Bonchev–Trinajstić information content (AvgIpc) is 2.52. The Bertz CT molecular complexity index is 688. The first kappa shape index (κ1) is 18.0.